The number of rotatable bonds is 0. The Morgan fingerprint density at radius 3 is 2.33 bits per heavy atom. The third kappa shape index (κ3) is 3.13. The van der Waals surface area contributed by atoms with Crippen LogP contribution in [0.25, 0.3) is 0 Å². The Labute approximate surface area is 99.9 Å². The first-order valence-electron chi connectivity index (χ1n) is 5.54. The van der Waals surface area contributed by atoms with Gasteiger partial charge in [0.25, 0.3) is 0 Å². The Kier molecular flexibility index (Phi) is 4.10. The lowest BCUT2D eigenvalue weighted by Gasteiger charge is -2.32. The van der Waals surface area contributed by atoms with Crippen LogP contribution in [0.1, 0.15) is 46.5 Å². The van der Waals surface area contributed by atoms with E-state index in [1.807, 2.05) is 0 Å². The van der Waals surface area contributed by atoms with Gasteiger partial charge in [0.2, 0.25) is 0 Å². The fourth-order valence-electron chi connectivity index (χ4n) is 2.11. The van der Waals surface area contributed by atoms with Crippen LogP contribution in [0.2, 0.25) is 0 Å². The third-order valence-corrected chi connectivity index (χ3v) is 4.05. The summed E-state index contributed by atoms with van der Waals surface area (Å²) in [5.41, 5.74) is -0.0409. The van der Waals surface area contributed by atoms with Crippen molar-refractivity contribution in [3.8, 4) is 0 Å². The lowest BCUT2D eigenvalue weighted by molar-refractivity contribution is -0.131. The first kappa shape index (κ1) is 12.9. The number of ketones is 2. The second kappa shape index (κ2) is 4.77. The molecule has 1 aliphatic rings. The van der Waals surface area contributed by atoms with E-state index < -0.39 is 4.83 Å². The zero-order valence-corrected chi connectivity index (χ0v) is 11.3. The standard InChI is InChI=1S/C12H19BrO2/c1-12(2,3)8-6-4-5-7-9(14)10(13)11(8)15/h8,10H,4-7H2,1-3H3. The molecule has 0 aromatic rings. The van der Waals surface area contributed by atoms with Crippen LogP contribution in [0, 0.1) is 11.3 Å². The van der Waals surface area contributed by atoms with Gasteiger partial charge in [0.15, 0.2) is 11.6 Å². The molecule has 0 radical (unpaired) electrons. The third-order valence-electron chi connectivity index (χ3n) is 3.09. The van der Waals surface area contributed by atoms with Crippen molar-refractivity contribution in [1.82, 2.24) is 0 Å². The highest BCUT2D eigenvalue weighted by molar-refractivity contribution is 9.10. The average molecular weight is 275 g/mol. The van der Waals surface area contributed by atoms with Crippen molar-refractivity contribution >= 4 is 27.5 Å². The molecule has 0 N–H and O–H groups in total. The summed E-state index contributed by atoms with van der Waals surface area (Å²) in [6.45, 7) is 6.21. The van der Waals surface area contributed by atoms with E-state index in [-0.39, 0.29) is 22.9 Å². The molecule has 2 atom stereocenters. The van der Waals surface area contributed by atoms with Crippen molar-refractivity contribution in [3.05, 3.63) is 0 Å². The molecule has 0 bridgehead atoms. The van der Waals surface area contributed by atoms with E-state index in [9.17, 15) is 9.59 Å². The molecule has 0 saturated heterocycles. The lowest BCUT2D eigenvalue weighted by Crippen LogP contribution is -2.38. The topological polar surface area (TPSA) is 34.1 Å². The normalized spacial score (nSPS) is 29.9. The minimum Gasteiger partial charge on any atom is -0.298 e. The van der Waals surface area contributed by atoms with Gasteiger partial charge in [0.05, 0.1) is 0 Å². The van der Waals surface area contributed by atoms with E-state index in [1.165, 1.54) is 0 Å². The van der Waals surface area contributed by atoms with Gasteiger partial charge in [-0.25, -0.2) is 0 Å². The predicted octanol–water partition coefficient (Wildman–Crippen LogP) is 3.12. The maximum absolute atomic E-state index is 12.1. The lowest BCUT2D eigenvalue weighted by atomic mass is 9.73. The van der Waals surface area contributed by atoms with Crippen molar-refractivity contribution in [3.63, 3.8) is 0 Å². The maximum Gasteiger partial charge on any atom is 0.157 e. The largest absolute Gasteiger partial charge is 0.298 e. The summed E-state index contributed by atoms with van der Waals surface area (Å²) in [6, 6.07) is 0. The Balaban J connectivity index is 2.87. The van der Waals surface area contributed by atoms with Crippen LogP contribution < -0.4 is 0 Å². The van der Waals surface area contributed by atoms with Crippen molar-refractivity contribution in [2.45, 2.75) is 51.3 Å². The van der Waals surface area contributed by atoms with Gasteiger partial charge in [-0.05, 0) is 18.3 Å². The quantitative estimate of drug-likeness (QED) is 0.503. The molecule has 0 spiro atoms. The van der Waals surface area contributed by atoms with E-state index in [0.717, 1.165) is 19.3 Å². The number of carbonyl (C=O) groups is 2. The zero-order valence-electron chi connectivity index (χ0n) is 9.68. The Morgan fingerprint density at radius 1 is 1.20 bits per heavy atom. The first-order chi connectivity index (χ1) is 6.84. The molecule has 86 valence electrons. The number of halogens is 1. The maximum atomic E-state index is 12.1. The van der Waals surface area contributed by atoms with Crippen molar-refractivity contribution < 1.29 is 9.59 Å². The highest BCUT2D eigenvalue weighted by Gasteiger charge is 2.37. The molecule has 2 nitrogen and oxygen atoms in total. The second-order valence-corrected chi connectivity index (χ2v) is 6.31. The van der Waals surface area contributed by atoms with Crippen molar-refractivity contribution in [2.75, 3.05) is 0 Å². The van der Waals surface area contributed by atoms with Gasteiger partial charge in [0.1, 0.15) is 4.83 Å². The van der Waals surface area contributed by atoms with E-state index in [2.05, 4.69) is 36.7 Å². The van der Waals surface area contributed by atoms with Gasteiger partial charge in [-0.15, -0.1) is 0 Å². The van der Waals surface area contributed by atoms with Gasteiger partial charge >= 0.3 is 0 Å². The molecule has 1 fully saturated rings. The summed E-state index contributed by atoms with van der Waals surface area (Å²) in [4.78, 5) is 23.1. The summed E-state index contributed by atoms with van der Waals surface area (Å²) < 4.78 is 0. The molecule has 0 aliphatic heterocycles. The fraction of sp³-hybridized carbons (Fsp3) is 0.833. The SMILES string of the molecule is CC(C)(C)C1CCCCC(=O)C(Br)C1=O. The van der Waals surface area contributed by atoms with E-state index in [0.29, 0.717) is 6.42 Å². The molecule has 1 saturated carbocycles. The van der Waals surface area contributed by atoms with E-state index >= 15 is 0 Å². The Hall–Kier alpha value is -0.180. The van der Waals surface area contributed by atoms with Crippen LogP contribution in [0.3, 0.4) is 0 Å². The number of hydrogen-bond acceptors (Lipinski definition) is 2. The molecule has 0 aromatic heterocycles. The van der Waals surface area contributed by atoms with Gasteiger partial charge in [-0.3, -0.25) is 9.59 Å². The molecule has 0 heterocycles. The number of hydrogen-bond donors (Lipinski definition) is 0. The number of Topliss-reactive ketones (excluding diaryl/α,β-unsaturated/α-hetero) is 2. The molecule has 1 rings (SSSR count). The summed E-state index contributed by atoms with van der Waals surface area (Å²) >= 11 is 3.24. The second-order valence-electron chi connectivity index (χ2n) is 5.40. The minimum absolute atomic E-state index is 0.00567. The average Bonchev–Trinajstić information content (AvgIpc) is 2.11. The van der Waals surface area contributed by atoms with Gasteiger partial charge < -0.3 is 0 Å². The predicted molar refractivity (Wildman–Crippen MR) is 64.1 cm³/mol. The summed E-state index contributed by atoms with van der Waals surface area (Å²) in [5.74, 6) is 0.132. The minimum atomic E-state index is -0.568. The molecular formula is C12H19BrO2. The van der Waals surface area contributed by atoms with Crippen LogP contribution in [-0.4, -0.2) is 16.4 Å². The van der Waals surface area contributed by atoms with E-state index in [4.69, 9.17) is 0 Å². The summed E-state index contributed by atoms with van der Waals surface area (Å²) in [6.07, 6.45) is 3.36. The van der Waals surface area contributed by atoms with Crippen LogP contribution in [0.5, 0.6) is 0 Å². The summed E-state index contributed by atoms with van der Waals surface area (Å²) in [7, 11) is 0. The monoisotopic (exact) mass is 274 g/mol. The molecule has 1 aliphatic carbocycles. The summed E-state index contributed by atoms with van der Waals surface area (Å²) in [5, 5.41) is 0. The highest BCUT2D eigenvalue weighted by Crippen LogP contribution is 2.35. The molecular weight excluding hydrogens is 256 g/mol. The highest BCUT2D eigenvalue weighted by atomic mass is 79.9. The molecule has 0 amide bonds. The van der Waals surface area contributed by atoms with Gasteiger partial charge in [0, 0.05) is 12.3 Å². The number of carbonyl (C=O) groups excluding carboxylic acids is 2. The number of alkyl halides is 1. The van der Waals surface area contributed by atoms with Crippen LogP contribution in [0.15, 0.2) is 0 Å². The van der Waals surface area contributed by atoms with Gasteiger partial charge in [-0.2, -0.15) is 0 Å². The van der Waals surface area contributed by atoms with Crippen LogP contribution >= 0.6 is 15.9 Å². The van der Waals surface area contributed by atoms with E-state index in [1.54, 1.807) is 0 Å². The molecule has 2 unspecified atom stereocenters. The first-order valence-corrected chi connectivity index (χ1v) is 6.46. The van der Waals surface area contributed by atoms with Crippen LogP contribution in [-0.2, 0) is 9.59 Å². The zero-order chi connectivity index (χ0) is 11.6. The van der Waals surface area contributed by atoms with Crippen molar-refractivity contribution in [2.24, 2.45) is 11.3 Å². The molecule has 15 heavy (non-hydrogen) atoms. The smallest absolute Gasteiger partial charge is 0.157 e. The molecule has 3 heteroatoms. The Bertz CT molecular complexity index is 265. The van der Waals surface area contributed by atoms with Gasteiger partial charge in [-0.1, -0.05) is 43.1 Å². The van der Waals surface area contributed by atoms with Crippen molar-refractivity contribution in [1.29, 1.82) is 0 Å². The fourth-order valence-corrected chi connectivity index (χ4v) is 2.66. The molecule has 0 aromatic carbocycles. The van der Waals surface area contributed by atoms with Crippen LogP contribution in [0.4, 0.5) is 0 Å². The Morgan fingerprint density at radius 2 is 1.80 bits per heavy atom.